The molecule has 0 spiro atoms. The molecule has 2 heteroatoms. The number of fused-ring (bicyclic) bond motifs is 4. The largest absolute Gasteiger partial charge is 2.00 e. The van der Waals surface area contributed by atoms with Crippen molar-refractivity contribution < 1.29 is 26.2 Å². The van der Waals surface area contributed by atoms with E-state index in [4.69, 9.17) is 0 Å². The first kappa shape index (κ1) is 38.7. The number of allylic oxidation sites excluding steroid dienone is 2. The van der Waals surface area contributed by atoms with Crippen LogP contribution >= 0.6 is 0 Å². The molecule has 0 N–H and O–H groups in total. The van der Waals surface area contributed by atoms with Crippen molar-refractivity contribution in [2.45, 2.75) is 129 Å². The maximum atomic E-state index is 3.53. The Kier molecular flexibility index (Phi) is 11.5. The van der Waals surface area contributed by atoms with E-state index in [1.165, 1.54) is 69.5 Å². The smallest absolute Gasteiger partial charge is 0.189 e. The molecule has 0 saturated carbocycles. The molecule has 0 unspecified atom stereocenters. The summed E-state index contributed by atoms with van der Waals surface area (Å²) in [5, 5.41) is 2.79. The normalized spacial score (nSPS) is 19.3. The molecule has 4 aromatic rings. The van der Waals surface area contributed by atoms with Crippen molar-refractivity contribution in [1.82, 2.24) is 0 Å². The summed E-state index contributed by atoms with van der Waals surface area (Å²) in [7, 11) is 0.777. The van der Waals surface area contributed by atoms with Gasteiger partial charge in [-0.3, -0.25) is 0 Å². The maximum Gasteiger partial charge on any atom is 2.00 e. The van der Waals surface area contributed by atoms with Crippen LogP contribution in [0.5, 0.6) is 0 Å². The van der Waals surface area contributed by atoms with Gasteiger partial charge in [-0.2, -0.15) is 35.4 Å². The van der Waals surface area contributed by atoms with Gasteiger partial charge in [-0.05, 0) is 47.3 Å². The molecule has 0 saturated heterocycles. The van der Waals surface area contributed by atoms with E-state index >= 15 is 0 Å². The molecule has 2 radical (unpaired) electrons. The summed E-state index contributed by atoms with van der Waals surface area (Å²) in [4.78, 5) is 0. The average molecular weight is 752 g/mol. The average Bonchev–Trinajstić information content (AvgIpc) is 3.62. The predicted molar refractivity (Wildman–Crippen MR) is 212 cm³/mol. The SMILES string of the molecule is CC1=[C-]c2cc3c(cc2C1)C(C)(C)CCC3(C)C.CC1=[C-]c2cc3c(cc2C1)C(C)(C)CCC3(C)C.[Zr+2].c1ccc([Si]c2ccccc2)cc1. The summed E-state index contributed by atoms with van der Waals surface area (Å²) in [5.41, 5.74) is 16.0. The summed E-state index contributed by atoms with van der Waals surface area (Å²) >= 11 is 0. The van der Waals surface area contributed by atoms with Gasteiger partial charge >= 0.3 is 26.2 Å². The van der Waals surface area contributed by atoms with E-state index in [0.29, 0.717) is 21.7 Å². The minimum atomic E-state index is 0. The van der Waals surface area contributed by atoms with Gasteiger partial charge in [-0.1, -0.05) is 175 Å². The molecule has 256 valence electrons. The van der Waals surface area contributed by atoms with Crippen molar-refractivity contribution in [3.05, 3.63) is 153 Å². The Morgan fingerprint density at radius 1 is 0.460 bits per heavy atom. The summed E-state index contributed by atoms with van der Waals surface area (Å²) in [5.74, 6) is 0. The minimum absolute atomic E-state index is 0. The first-order valence-corrected chi connectivity index (χ1v) is 19.5. The van der Waals surface area contributed by atoms with Gasteiger partial charge in [0.1, 0.15) is 9.52 Å². The molecule has 0 heterocycles. The summed E-state index contributed by atoms with van der Waals surface area (Å²) in [6, 6.07) is 30.9. The molecule has 0 nitrogen and oxygen atoms in total. The molecule has 4 aliphatic rings. The molecule has 0 amide bonds. The van der Waals surface area contributed by atoms with Crippen LogP contribution in [-0.2, 0) is 60.7 Å². The first-order chi connectivity index (χ1) is 23.0. The maximum absolute atomic E-state index is 3.53. The third-order valence-electron chi connectivity index (χ3n) is 11.6. The van der Waals surface area contributed by atoms with Crippen LogP contribution in [0.3, 0.4) is 0 Å². The molecule has 0 aromatic heterocycles. The Labute approximate surface area is 326 Å². The Morgan fingerprint density at radius 2 is 0.760 bits per heavy atom. The van der Waals surface area contributed by atoms with Gasteiger partial charge in [-0.25, -0.2) is 0 Å². The summed E-state index contributed by atoms with van der Waals surface area (Å²) in [6.45, 7) is 23.5. The minimum Gasteiger partial charge on any atom is -0.189 e. The monoisotopic (exact) mass is 750 g/mol. The molecule has 4 aromatic carbocycles. The van der Waals surface area contributed by atoms with Crippen molar-refractivity contribution >= 4 is 19.9 Å². The van der Waals surface area contributed by atoms with E-state index < -0.39 is 0 Å². The Balaban J connectivity index is 0.000000147. The Morgan fingerprint density at radius 3 is 1.08 bits per heavy atom. The van der Waals surface area contributed by atoms with Gasteiger partial charge in [0, 0.05) is 0 Å². The van der Waals surface area contributed by atoms with Crippen molar-refractivity contribution in [2.24, 2.45) is 0 Å². The van der Waals surface area contributed by atoms with Gasteiger partial charge < -0.3 is 0 Å². The molecule has 0 fully saturated rings. The van der Waals surface area contributed by atoms with Crippen LogP contribution in [0.4, 0.5) is 0 Å². The molecular weight excluding hydrogens is 696 g/mol. The van der Waals surface area contributed by atoms with E-state index in [2.05, 4.69) is 166 Å². The molecule has 0 bridgehead atoms. The van der Waals surface area contributed by atoms with Gasteiger partial charge in [-0.15, -0.1) is 34.4 Å². The zero-order valence-electron chi connectivity index (χ0n) is 32.3. The van der Waals surface area contributed by atoms with Gasteiger partial charge in [0.2, 0.25) is 0 Å². The fraction of sp³-hybridized carbons (Fsp3) is 0.417. The van der Waals surface area contributed by atoms with Gasteiger partial charge in [0.15, 0.2) is 0 Å². The molecule has 50 heavy (non-hydrogen) atoms. The quantitative estimate of drug-likeness (QED) is 0.141. The molecule has 0 aliphatic heterocycles. The van der Waals surface area contributed by atoms with Crippen molar-refractivity contribution in [1.29, 1.82) is 0 Å². The van der Waals surface area contributed by atoms with Crippen LogP contribution in [0.25, 0.3) is 0 Å². The number of hydrogen-bond acceptors (Lipinski definition) is 0. The fourth-order valence-electron chi connectivity index (χ4n) is 8.17. The molecular formula is C48H56SiZr. The third kappa shape index (κ3) is 8.40. The van der Waals surface area contributed by atoms with E-state index in [9.17, 15) is 0 Å². The Bertz CT molecular complexity index is 1750. The molecule has 8 rings (SSSR count). The predicted octanol–water partition coefficient (Wildman–Crippen LogP) is 10.7. The zero-order valence-corrected chi connectivity index (χ0v) is 35.8. The third-order valence-corrected chi connectivity index (χ3v) is 12.8. The van der Waals surface area contributed by atoms with Crippen LogP contribution < -0.4 is 10.4 Å². The topological polar surface area (TPSA) is 0 Å². The number of benzene rings is 4. The second-order valence-corrected chi connectivity index (χ2v) is 19.1. The van der Waals surface area contributed by atoms with E-state index in [0.717, 1.165) is 22.4 Å². The van der Waals surface area contributed by atoms with Crippen molar-refractivity contribution in [3.8, 4) is 0 Å². The molecule has 4 aliphatic carbocycles. The van der Waals surface area contributed by atoms with Gasteiger partial charge in [0.05, 0.1) is 0 Å². The Hall–Kier alpha value is -2.54. The van der Waals surface area contributed by atoms with Crippen LogP contribution in [0, 0.1) is 12.2 Å². The van der Waals surface area contributed by atoms with E-state index in [1.54, 1.807) is 22.3 Å². The molecule has 0 atom stereocenters. The van der Waals surface area contributed by atoms with Crippen LogP contribution in [0.2, 0.25) is 0 Å². The number of hydrogen-bond donors (Lipinski definition) is 0. The van der Waals surface area contributed by atoms with Crippen LogP contribution in [-0.4, -0.2) is 9.52 Å². The van der Waals surface area contributed by atoms with E-state index in [1.807, 2.05) is 0 Å². The van der Waals surface area contributed by atoms with Crippen LogP contribution in [0.15, 0.2) is 96.1 Å². The standard InChI is InChI=1S/2C18H23.C12H10Si.Zr/c2*1-12-8-13-10-15-16(11-14(13)9-12)18(4,5)7-6-17(15,2)3;1-3-7-11(8-4-1)13-12-9-5-2-6-10-12;/h2*10-11H,6-8H2,1-5H3;1-10H;/q2*-1;;+2. The first-order valence-electron chi connectivity index (χ1n) is 18.5. The fourth-order valence-corrected chi connectivity index (χ4v) is 9.22. The van der Waals surface area contributed by atoms with E-state index in [-0.39, 0.29) is 26.2 Å². The second kappa shape index (κ2) is 14.8. The van der Waals surface area contributed by atoms with Gasteiger partial charge in [0.25, 0.3) is 0 Å². The summed E-state index contributed by atoms with van der Waals surface area (Å²) < 4.78 is 0. The number of rotatable bonds is 2. The van der Waals surface area contributed by atoms with Crippen molar-refractivity contribution in [2.75, 3.05) is 0 Å². The zero-order chi connectivity index (χ0) is 35.2. The summed E-state index contributed by atoms with van der Waals surface area (Å²) in [6.07, 6.45) is 14.4. The van der Waals surface area contributed by atoms with Crippen molar-refractivity contribution in [3.63, 3.8) is 0 Å². The van der Waals surface area contributed by atoms with Crippen LogP contribution in [0.1, 0.15) is 139 Å². The second-order valence-electron chi connectivity index (χ2n) is 17.7.